The molecule has 2 N–H and O–H groups in total. The number of rotatable bonds is 4. The molecule has 0 spiro atoms. The molecule has 0 saturated carbocycles. The minimum absolute atomic E-state index is 0.00883. The van der Waals surface area contributed by atoms with Gasteiger partial charge in [-0.1, -0.05) is 41.9 Å². The Morgan fingerprint density at radius 3 is 2.59 bits per heavy atom. The number of nitrogens with one attached hydrogen (secondary N) is 2. The third kappa shape index (κ3) is 3.31. The second kappa shape index (κ2) is 6.89. The Kier molecular flexibility index (Phi) is 4.41. The highest BCUT2D eigenvalue weighted by atomic mass is 35.5. The maximum Gasteiger partial charge on any atom is 0.251 e. The van der Waals surface area contributed by atoms with Crippen molar-refractivity contribution in [3.63, 3.8) is 0 Å². The van der Waals surface area contributed by atoms with Crippen LogP contribution in [0.25, 0.3) is 11.1 Å². The fourth-order valence-electron chi connectivity index (χ4n) is 3.25. The van der Waals surface area contributed by atoms with Crippen molar-refractivity contribution < 1.29 is 9.59 Å². The first kappa shape index (κ1) is 17.3. The predicted molar refractivity (Wildman–Crippen MR) is 105 cm³/mol. The predicted octanol–water partition coefficient (Wildman–Crippen LogP) is 4.03. The van der Waals surface area contributed by atoms with Gasteiger partial charge in [-0.3, -0.25) is 9.59 Å². The number of fused-ring (bicyclic) bond motifs is 1. The molecular weight excluding hydrogens is 364 g/mol. The van der Waals surface area contributed by atoms with E-state index in [2.05, 4.69) is 15.7 Å². The zero-order chi connectivity index (χ0) is 19.0. The number of hydrogen-bond donors (Lipinski definition) is 2. The number of nitrogens with zero attached hydrogens (tertiary/aromatic N) is 2. The van der Waals surface area contributed by atoms with Crippen molar-refractivity contribution in [1.29, 1.82) is 0 Å². The molecule has 2 aromatic carbocycles. The van der Waals surface area contributed by atoms with Crippen LogP contribution in [0.4, 0.5) is 11.5 Å². The van der Waals surface area contributed by atoms with Crippen LogP contribution in [-0.2, 0) is 9.59 Å². The molecule has 1 aliphatic heterocycles. The van der Waals surface area contributed by atoms with E-state index in [1.165, 1.54) is 0 Å². The van der Waals surface area contributed by atoms with Gasteiger partial charge in [0.1, 0.15) is 11.9 Å². The van der Waals surface area contributed by atoms with Crippen LogP contribution < -0.4 is 10.6 Å². The standard InChI is InChI=1S/C20H17ClN4O2/c1-12-18(13-7-9-14(21)10-8-13)19-23-20(27)16(25(19)24-12)11-17(26)22-15-5-3-2-4-6-15/h2-10,16H,11H2,1H3,(H,22,26)(H,23,27). The normalized spacial score (nSPS) is 15.3. The van der Waals surface area contributed by atoms with Gasteiger partial charge in [0.2, 0.25) is 5.91 Å². The quantitative estimate of drug-likeness (QED) is 0.717. The molecule has 6 nitrogen and oxygen atoms in total. The molecule has 2 amide bonds. The van der Waals surface area contributed by atoms with Crippen LogP contribution in [0, 0.1) is 6.92 Å². The van der Waals surface area contributed by atoms with Crippen molar-refractivity contribution in [2.45, 2.75) is 19.4 Å². The molecule has 1 atom stereocenters. The van der Waals surface area contributed by atoms with Gasteiger partial charge in [0, 0.05) is 16.3 Å². The van der Waals surface area contributed by atoms with Crippen LogP contribution >= 0.6 is 11.6 Å². The Morgan fingerprint density at radius 1 is 1.19 bits per heavy atom. The van der Waals surface area contributed by atoms with Crippen molar-refractivity contribution in [2.24, 2.45) is 0 Å². The first-order valence-electron chi connectivity index (χ1n) is 8.54. The molecular formula is C20H17ClN4O2. The maximum atomic E-state index is 12.5. The summed E-state index contributed by atoms with van der Waals surface area (Å²) in [5, 5.41) is 10.8. The lowest BCUT2D eigenvalue weighted by atomic mass is 10.1. The number of para-hydroxylation sites is 1. The van der Waals surface area contributed by atoms with E-state index in [9.17, 15) is 9.59 Å². The van der Waals surface area contributed by atoms with Crippen LogP contribution in [0.5, 0.6) is 0 Å². The van der Waals surface area contributed by atoms with E-state index >= 15 is 0 Å². The summed E-state index contributed by atoms with van der Waals surface area (Å²) in [4.78, 5) is 24.8. The first-order valence-corrected chi connectivity index (χ1v) is 8.91. The highest BCUT2D eigenvalue weighted by Crippen LogP contribution is 2.38. The molecule has 1 unspecified atom stereocenters. The van der Waals surface area contributed by atoms with Crippen LogP contribution in [0.2, 0.25) is 5.02 Å². The monoisotopic (exact) mass is 380 g/mol. The van der Waals surface area contributed by atoms with Gasteiger partial charge in [0.05, 0.1) is 12.1 Å². The van der Waals surface area contributed by atoms with E-state index in [-0.39, 0.29) is 18.2 Å². The lowest BCUT2D eigenvalue weighted by Crippen LogP contribution is -2.23. The molecule has 27 heavy (non-hydrogen) atoms. The summed E-state index contributed by atoms with van der Waals surface area (Å²) < 4.78 is 1.60. The fraction of sp³-hybridized carbons (Fsp3) is 0.150. The number of carbonyl (C=O) groups excluding carboxylic acids is 2. The molecule has 136 valence electrons. The van der Waals surface area contributed by atoms with Crippen LogP contribution in [-0.4, -0.2) is 21.6 Å². The highest BCUT2D eigenvalue weighted by Gasteiger charge is 2.36. The summed E-state index contributed by atoms with van der Waals surface area (Å²) in [7, 11) is 0. The number of aromatic nitrogens is 2. The van der Waals surface area contributed by atoms with Gasteiger partial charge in [-0.15, -0.1) is 0 Å². The van der Waals surface area contributed by atoms with Gasteiger partial charge in [-0.25, -0.2) is 4.68 Å². The van der Waals surface area contributed by atoms with E-state index in [0.717, 1.165) is 16.8 Å². The van der Waals surface area contributed by atoms with Crippen molar-refractivity contribution >= 4 is 34.9 Å². The number of benzene rings is 2. The molecule has 0 radical (unpaired) electrons. The summed E-state index contributed by atoms with van der Waals surface area (Å²) in [6, 6.07) is 15.8. The lowest BCUT2D eigenvalue weighted by molar-refractivity contribution is -0.123. The molecule has 0 fully saturated rings. The van der Waals surface area contributed by atoms with Gasteiger partial charge in [-0.2, -0.15) is 5.10 Å². The Hall–Kier alpha value is -3.12. The average Bonchev–Trinajstić information content (AvgIpc) is 3.11. The molecule has 7 heteroatoms. The molecule has 4 rings (SSSR count). The molecule has 1 aromatic heterocycles. The zero-order valence-electron chi connectivity index (χ0n) is 14.6. The number of halogens is 1. The number of carbonyl (C=O) groups is 2. The summed E-state index contributed by atoms with van der Waals surface area (Å²) in [6.07, 6.45) is 0.00883. The summed E-state index contributed by atoms with van der Waals surface area (Å²) in [5.74, 6) is 0.128. The van der Waals surface area contributed by atoms with Crippen LogP contribution in [0.15, 0.2) is 54.6 Å². The van der Waals surface area contributed by atoms with Crippen molar-refractivity contribution in [1.82, 2.24) is 9.78 Å². The van der Waals surface area contributed by atoms with E-state index in [4.69, 9.17) is 11.6 Å². The topological polar surface area (TPSA) is 76.0 Å². The minimum atomic E-state index is -0.677. The van der Waals surface area contributed by atoms with Gasteiger partial charge >= 0.3 is 0 Å². The molecule has 0 aliphatic carbocycles. The minimum Gasteiger partial charge on any atom is -0.326 e. The Bertz CT molecular complexity index is 1010. The zero-order valence-corrected chi connectivity index (χ0v) is 15.3. The number of hydrogen-bond acceptors (Lipinski definition) is 3. The van der Waals surface area contributed by atoms with Crippen LogP contribution in [0.1, 0.15) is 18.2 Å². The van der Waals surface area contributed by atoms with Gasteiger partial charge in [0.15, 0.2) is 0 Å². The van der Waals surface area contributed by atoms with Gasteiger partial charge < -0.3 is 10.6 Å². The molecule has 0 bridgehead atoms. The van der Waals surface area contributed by atoms with E-state index < -0.39 is 6.04 Å². The molecule has 3 aromatic rings. The Balaban J connectivity index is 1.59. The number of amides is 2. The third-order valence-corrected chi connectivity index (χ3v) is 4.75. The number of anilines is 2. The summed E-state index contributed by atoms with van der Waals surface area (Å²) in [5.41, 5.74) is 3.22. The van der Waals surface area contributed by atoms with E-state index in [1.54, 1.807) is 28.9 Å². The third-order valence-electron chi connectivity index (χ3n) is 4.49. The summed E-state index contributed by atoms with van der Waals surface area (Å²) in [6.45, 7) is 1.88. The Labute approximate surface area is 161 Å². The van der Waals surface area contributed by atoms with Crippen LogP contribution in [0.3, 0.4) is 0 Å². The second-order valence-corrected chi connectivity index (χ2v) is 6.82. The second-order valence-electron chi connectivity index (χ2n) is 6.38. The summed E-state index contributed by atoms with van der Waals surface area (Å²) >= 11 is 5.97. The highest BCUT2D eigenvalue weighted by molar-refractivity contribution is 6.30. The SMILES string of the molecule is Cc1nn2c(c1-c1ccc(Cl)cc1)NC(=O)C2CC(=O)Nc1ccccc1. The van der Waals surface area contributed by atoms with E-state index in [0.29, 0.717) is 16.5 Å². The lowest BCUT2D eigenvalue weighted by Gasteiger charge is -2.10. The van der Waals surface area contributed by atoms with Crippen molar-refractivity contribution in [3.05, 3.63) is 65.3 Å². The maximum absolute atomic E-state index is 12.5. The average molecular weight is 381 g/mol. The van der Waals surface area contributed by atoms with Crippen molar-refractivity contribution in [2.75, 3.05) is 10.6 Å². The molecule has 1 aliphatic rings. The Morgan fingerprint density at radius 2 is 1.89 bits per heavy atom. The smallest absolute Gasteiger partial charge is 0.251 e. The van der Waals surface area contributed by atoms with Gasteiger partial charge in [-0.05, 0) is 36.8 Å². The molecule has 2 heterocycles. The molecule has 0 saturated heterocycles. The number of aryl methyl sites for hydroxylation is 1. The first-order chi connectivity index (χ1) is 13.0. The van der Waals surface area contributed by atoms with Crippen molar-refractivity contribution in [3.8, 4) is 11.1 Å². The van der Waals surface area contributed by atoms with Gasteiger partial charge in [0.25, 0.3) is 5.91 Å². The fourth-order valence-corrected chi connectivity index (χ4v) is 3.38. The van der Waals surface area contributed by atoms with E-state index in [1.807, 2.05) is 37.3 Å². The largest absolute Gasteiger partial charge is 0.326 e.